The summed E-state index contributed by atoms with van der Waals surface area (Å²) < 4.78 is 5.55. The van der Waals surface area contributed by atoms with E-state index in [0.717, 1.165) is 43.1 Å². The molecule has 3 unspecified atom stereocenters. The van der Waals surface area contributed by atoms with Gasteiger partial charge in [-0.15, -0.1) is 0 Å². The topological polar surface area (TPSA) is 35.2 Å². The van der Waals surface area contributed by atoms with E-state index < -0.39 is 0 Å². The Labute approximate surface area is 159 Å². The molecule has 4 atom stereocenters. The Kier molecular flexibility index (Phi) is 4.46. The van der Waals surface area contributed by atoms with E-state index >= 15 is 0 Å². The Hall–Kier alpha value is -1.28. The van der Waals surface area contributed by atoms with E-state index in [2.05, 4.69) is 45.5 Å². The highest BCUT2D eigenvalue weighted by molar-refractivity contribution is 5.46. The second-order valence-electron chi connectivity index (χ2n) is 9.46. The SMILES string of the molecule is C=C1CC2CCC1(CC)C2(C)C.NC[C@@H]1CC1c1cccc2c1CCO2. The third kappa shape index (κ3) is 2.56. The molecular formula is C24H35NO. The maximum Gasteiger partial charge on any atom is 0.122 e. The van der Waals surface area contributed by atoms with Crippen LogP contribution in [0.15, 0.2) is 30.4 Å². The summed E-state index contributed by atoms with van der Waals surface area (Å²) in [5.74, 6) is 3.48. The van der Waals surface area contributed by atoms with E-state index in [1.165, 1.54) is 43.2 Å². The molecule has 0 aromatic heterocycles. The zero-order valence-corrected chi connectivity index (χ0v) is 16.8. The molecule has 4 aliphatic rings. The monoisotopic (exact) mass is 353 g/mol. The third-order valence-electron chi connectivity index (χ3n) is 8.35. The average molecular weight is 354 g/mol. The van der Waals surface area contributed by atoms with E-state index in [-0.39, 0.29) is 0 Å². The van der Waals surface area contributed by atoms with Crippen molar-refractivity contribution in [1.82, 2.24) is 0 Å². The Morgan fingerprint density at radius 2 is 2.12 bits per heavy atom. The molecule has 0 amide bonds. The molecule has 3 aliphatic carbocycles. The first kappa shape index (κ1) is 18.1. The van der Waals surface area contributed by atoms with Crippen LogP contribution < -0.4 is 10.5 Å². The van der Waals surface area contributed by atoms with Crippen molar-refractivity contribution < 1.29 is 4.74 Å². The summed E-state index contributed by atoms with van der Waals surface area (Å²) >= 11 is 0. The van der Waals surface area contributed by atoms with E-state index in [4.69, 9.17) is 10.5 Å². The molecule has 1 heterocycles. The van der Waals surface area contributed by atoms with Crippen LogP contribution in [0.2, 0.25) is 0 Å². The molecule has 2 N–H and O–H groups in total. The lowest BCUT2D eigenvalue weighted by atomic mass is 9.66. The minimum Gasteiger partial charge on any atom is -0.493 e. The van der Waals surface area contributed by atoms with Gasteiger partial charge in [0, 0.05) is 12.0 Å². The Balaban J connectivity index is 0.000000131. The van der Waals surface area contributed by atoms with Crippen molar-refractivity contribution in [2.45, 2.75) is 65.2 Å². The quantitative estimate of drug-likeness (QED) is 0.732. The van der Waals surface area contributed by atoms with Gasteiger partial charge in [-0.1, -0.05) is 45.1 Å². The Morgan fingerprint density at radius 1 is 1.31 bits per heavy atom. The normalized spacial score (nSPS) is 35.5. The highest BCUT2D eigenvalue weighted by atomic mass is 16.5. The van der Waals surface area contributed by atoms with Gasteiger partial charge in [-0.05, 0) is 78.9 Å². The highest BCUT2D eigenvalue weighted by Gasteiger charge is 2.59. The van der Waals surface area contributed by atoms with Crippen LogP contribution >= 0.6 is 0 Å². The summed E-state index contributed by atoms with van der Waals surface area (Å²) in [7, 11) is 0. The number of benzene rings is 1. The molecule has 2 heteroatoms. The zero-order chi connectivity index (χ0) is 18.5. The molecule has 0 spiro atoms. The lowest BCUT2D eigenvalue weighted by Gasteiger charge is -2.38. The second-order valence-corrected chi connectivity index (χ2v) is 9.46. The van der Waals surface area contributed by atoms with Crippen molar-refractivity contribution in [2.24, 2.45) is 28.4 Å². The molecule has 0 saturated heterocycles. The fourth-order valence-corrected chi connectivity index (χ4v) is 6.34. The predicted molar refractivity (Wildman–Crippen MR) is 109 cm³/mol. The Morgan fingerprint density at radius 3 is 2.65 bits per heavy atom. The number of hydrogen-bond donors (Lipinski definition) is 1. The van der Waals surface area contributed by atoms with Gasteiger partial charge < -0.3 is 10.5 Å². The van der Waals surface area contributed by atoms with Crippen molar-refractivity contribution in [2.75, 3.05) is 13.2 Å². The molecule has 2 nitrogen and oxygen atoms in total. The van der Waals surface area contributed by atoms with Crippen LogP contribution in [0.5, 0.6) is 5.75 Å². The van der Waals surface area contributed by atoms with Gasteiger partial charge in [0.05, 0.1) is 6.61 Å². The summed E-state index contributed by atoms with van der Waals surface area (Å²) in [5, 5.41) is 0. The number of ether oxygens (including phenoxy) is 1. The number of fused-ring (bicyclic) bond motifs is 3. The molecule has 26 heavy (non-hydrogen) atoms. The van der Waals surface area contributed by atoms with Crippen molar-refractivity contribution in [1.29, 1.82) is 0 Å². The fourth-order valence-electron chi connectivity index (χ4n) is 6.34. The zero-order valence-electron chi connectivity index (χ0n) is 16.8. The first-order valence-corrected chi connectivity index (χ1v) is 10.6. The van der Waals surface area contributed by atoms with E-state index in [9.17, 15) is 0 Å². The van der Waals surface area contributed by atoms with Crippen LogP contribution in [0, 0.1) is 22.7 Å². The van der Waals surface area contributed by atoms with Gasteiger partial charge in [-0.3, -0.25) is 0 Å². The average Bonchev–Trinajstić information content (AvgIpc) is 3.12. The lowest BCUT2D eigenvalue weighted by Crippen LogP contribution is -2.30. The maximum absolute atomic E-state index is 5.68. The van der Waals surface area contributed by atoms with Gasteiger partial charge in [-0.2, -0.15) is 0 Å². The summed E-state index contributed by atoms with van der Waals surface area (Å²) in [6.45, 7) is 13.2. The molecule has 2 bridgehead atoms. The van der Waals surface area contributed by atoms with Gasteiger partial charge in [0.25, 0.3) is 0 Å². The Bertz CT molecular complexity index is 706. The number of nitrogens with two attached hydrogens (primary N) is 1. The maximum atomic E-state index is 5.68. The molecule has 3 fully saturated rings. The van der Waals surface area contributed by atoms with Crippen LogP contribution in [-0.2, 0) is 6.42 Å². The summed E-state index contributed by atoms with van der Waals surface area (Å²) in [5.41, 5.74) is 11.2. The molecular weight excluding hydrogens is 318 g/mol. The van der Waals surface area contributed by atoms with Crippen LogP contribution in [0.25, 0.3) is 0 Å². The molecule has 5 rings (SSSR count). The van der Waals surface area contributed by atoms with E-state index in [1.807, 2.05) is 0 Å². The van der Waals surface area contributed by atoms with Crippen LogP contribution in [-0.4, -0.2) is 13.2 Å². The van der Waals surface area contributed by atoms with Crippen molar-refractivity contribution in [3.63, 3.8) is 0 Å². The van der Waals surface area contributed by atoms with Gasteiger partial charge in [0.15, 0.2) is 0 Å². The molecule has 3 saturated carbocycles. The van der Waals surface area contributed by atoms with Crippen LogP contribution in [0.3, 0.4) is 0 Å². The second kappa shape index (κ2) is 6.41. The largest absolute Gasteiger partial charge is 0.493 e. The van der Waals surface area contributed by atoms with Crippen LogP contribution in [0.1, 0.15) is 69.9 Å². The van der Waals surface area contributed by atoms with Crippen molar-refractivity contribution in [3.8, 4) is 5.75 Å². The first-order valence-electron chi connectivity index (χ1n) is 10.6. The van der Waals surface area contributed by atoms with Crippen molar-refractivity contribution >= 4 is 0 Å². The van der Waals surface area contributed by atoms with Gasteiger partial charge in [-0.25, -0.2) is 0 Å². The van der Waals surface area contributed by atoms with Gasteiger partial charge in [0.1, 0.15) is 5.75 Å². The van der Waals surface area contributed by atoms with Gasteiger partial charge in [0.2, 0.25) is 0 Å². The number of rotatable bonds is 3. The summed E-state index contributed by atoms with van der Waals surface area (Å²) in [4.78, 5) is 0. The first-order chi connectivity index (χ1) is 12.4. The summed E-state index contributed by atoms with van der Waals surface area (Å²) in [6.07, 6.45) is 7.81. The predicted octanol–water partition coefficient (Wildman–Crippen LogP) is 5.46. The lowest BCUT2D eigenvalue weighted by molar-refractivity contribution is 0.153. The molecule has 1 aliphatic heterocycles. The molecule has 142 valence electrons. The number of allylic oxidation sites excluding steroid dienone is 1. The third-order valence-corrected chi connectivity index (χ3v) is 8.35. The number of hydrogen-bond acceptors (Lipinski definition) is 2. The molecule has 0 radical (unpaired) electrons. The molecule has 1 aromatic carbocycles. The van der Waals surface area contributed by atoms with E-state index in [0.29, 0.717) is 10.8 Å². The minimum absolute atomic E-state index is 0.512. The van der Waals surface area contributed by atoms with E-state index in [1.54, 1.807) is 5.57 Å². The highest BCUT2D eigenvalue weighted by Crippen LogP contribution is 2.69. The molecule has 1 aromatic rings. The minimum atomic E-state index is 0.512. The summed E-state index contributed by atoms with van der Waals surface area (Å²) in [6, 6.07) is 6.42. The van der Waals surface area contributed by atoms with Gasteiger partial charge >= 0.3 is 0 Å². The standard InChI is InChI=1S/C12H15NO.C12H20/c13-7-8-6-11(8)9-2-1-3-12-10(9)4-5-14-12;1-5-12-7-6-10(8-9(12)2)11(12,3)4/h1-3,8,11H,4-7,13H2;10H,2,5-8H2,1,3-4H3/t8-,11?;/m0./s1. The fraction of sp³-hybridized carbons (Fsp3) is 0.667. The van der Waals surface area contributed by atoms with Crippen LogP contribution in [0.4, 0.5) is 0 Å². The smallest absolute Gasteiger partial charge is 0.122 e. The van der Waals surface area contributed by atoms with Crippen molar-refractivity contribution in [3.05, 3.63) is 41.5 Å².